The Labute approximate surface area is 393 Å². The van der Waals surface area contributed by atoms with E-state index in [4.69, 9.17) is 21.9 Å². The predicted octanol–water partition coefficient (Wildman–Crippen LogP) is -0.279. The van der Waals surface area contributed by atoms with Crippen LogP contribution in [0.4, 0.5) is 0 Å². The number of ether oxygens (including phenoxy) is 1. The average molecular weight is 945 g/mol. The Morgan fingerprint density at radius 1 is 0.701 bits per heavy atom. The maximum absolute atomic E-state index is 14.1. The number of hydrogen-bond donors (Lipinski definition) is 11. The van der Waals surface area contributed by atoms with Crippen LogP contribution >= 0.6 is 0 Å². The fourth-order valence-corrected chi connectivity index (χ4v) is 7.36. The highest BCUT2D eigenvalue weighted by molar-refractivity contribution is 5.97. The number of esters is 1. The molecule has 21 heteroatoms. The van der Waals surface area contributed by atoms with Crippen molar-refractivity contribution in [2.45, 2.75) is 185 Å². The molecule has 1 aromatic carbocycles. The lowest BCUT2D eigenvalue weighted by Crippen LogP contribution is -2.62. The number of nitrogens with zero attached hydrogens (tertiary/aromatic N) is 1. The SMILES string of the molecule is CC(C)[C@H]1NC(=O)[C@@H](NC(=O)CC(O)CCCCCCCCCCCCN=C(N)N)[C@@H](C)OC(=O)[C@@H](C)NC(=O)[C@@H](CCC(N)=O)NC(=O)[C@@H]([C@@H](C)O)NC(=O)[C@H](Cc2ccccc2)NC1=O. The normalized spacial score (nSPS) is 23.4. The van der Waals surface area contributed by atoms with E-state index in [2.05, 4.69) is 36.9 Å². The van der Waals surface area contributed by atoms with Crippen LogP contribution < -0.4 is 49.1 Å². The summed E-state index contributed by atoms with van der Waals surface area (Å²) in [5, 5.41) is 36.5. The smallest absolute Gasteiger partial charge is 0.328 e. The Hall–Kier alpha value is -5.83. The molecule has 1 fully saturated rings. The summed E-state index contributed by atoms with van der Waals surface area (Å²) in [6.45, 7) is 7.71. The van der Waals surface area contributed by atoms with Crippen LogP contribution in [0.2, 0.25) is 0 Å². The number of aliphatic imine (C=N–C) groups is 1. The summed E-state index contributed by atoms with van der Waals surface area (Å²) in [5.41, 5.74) is 16.6. The zero-order valence-corrected chi connectivity index (χ0v) is 39.7. The number of benzene rings is 1. The first-order valence-corrected chi connectivity index (χ1v) is 23.5. The number of primary amides is 1. The Bertz CT molecular complexity index is 1790. The van der Waals surface area contributed by atoms with Gasteiger partial charge in [0.15, 0.2) is 5.96 Å². The van der Waals surface area contributed by atoms with Crippen LogP contribution in [-0.2, 0) is 49.5 Å². The van der Waals surface area contributed by atoms with Crippen molar-refractivity contribution in [3.8, 4) is 0 Å². The molecule has 376 valence electrons. The van der Waals surface area contributed by atoms with Gasteiger partial charge in [-0.3, -0.25) is 38.6 Å². The second-order valence-electron chi connectivity index (χ2n) is 17.7. The van der Waals surface area contributed by atoms with Gasteiger partial charge >= 0.3 is 5.97 Å². The maximum atomic E-state index is 14.1. The molecule has 0 aliphatic carbocycles. The number of carbonyl (C=O) groups is 8. The van der Waals surface area contributed by atoms with E-state index in [0.29, 0.717) is 24.9 Å². The molecule has 1 aromatic rings. The van der Waals surface area contributed by atoms with Crippen molar-refractivity contribution in [3.05, 3.63) is 35.9 Å². The van der Waals surface area contributed by atoms with Crippen LogP contribution in [0.15, 0.2) is 35.3 Å². The van der Waals surface area contributed by atoms with Gasteiger partial charge in [-0.15, -0.1) is 0 Å². The standard InChI is InChI=1S/C46H76N10O11/c1-27(2)37-42(63)53-34(25-31-19-15-14-16-20-31)41(62)56-38(29(4)57)43(64)52-33(22-23-35(47)59)40(61)51-28(3)45(66)67-30(5)39(44(65)55-37)54-36(60)26-32(58)21-17-12-10-8-6-7-9-11-13-18-24-50-46(48)49/h14-16,19-20,27-30,32-34,37-39,57-58H,6-13,17-18,21-26H2,1-5H3,(H2,47,59)(H,51,61)(H,52,64)(H,53,63)(H,54,60)(H,55,65)(H,56,62)(H4,48,49,50)/t28-,29-,30-,32?,33-,34+,37-,38-,39+/m1/s1. The number of carbonyl (C=O) groups excluding carboxylic acids is 8. The van der Waals surface area contributed by atoms with E-state index in [0.717, 1.165) is 57.8 Å². The molecule has 1 aliphatic heterocycles. The topological polar surface area (TPSA) is 349 Å². The Morgan fingerprint density at radius 2 is 1.24 bits per heavy atom. The van der Waals surface area contributed by atoms with Gasteiger partial charge < -0.3 is 64.1 Å². The maximum Gasteiger partial charge on any atom is 0.328 e. The Kier molecular flexibility index (Phi) is 26.0. The van der Waals surface area contributed by atoms with Gasteiger partial charge in [0, 0.05) is 19.4 Å². The van der Waals surface area contributed by atoms with Gasteiger partial charge in [-0.25, -0.2) is 4.79 Å². The third-order valence-electron chi connectivity index (χ3n) is 11.3. The van der Waals surface area contributed by atoms with E-state index in [-0.39, 0.29) is 31.6 Å². The van der Waals surface area contributed by atoms with Gasteiger partial charge in [0.05, 0.1) is 18.6 Å². The highest BCUT2D eigenvalue weighted by Crippen LogP contribution is 2.15. The minimum absolute atomic E-state index is 0.0920. The van der Waals surface area contributed by atoms with Gasteiger partial charge in [-0.2, -0.15) is 0 Å². The molecule has 67 heavy (non-hydrogen) atoms. The van der Waals surface area contributed by atoms with Gasteiger partial charge in [-0.05, 0) is 51.5 Å². The number of aliphatic hydroxyl groups excluding tert-OH is 2. The quantitative estimate of drug-likeness (QED) is 0.0292. The van der Waals surface area contributed by atoms with Crippen LogP contribution in [0.5, 0.6) is 0 Å². The molecule has 0 bridgehead atoms. The predicted molar refractivity (Wildman–Crippen MR) is 250 cm³/mol. The number of cyclic esters (lactones) is 1. The number of unbranched alkanes of at least 4 members (excludes halogenated alkanes) is 9. The van der Waals surface area contributed by atoms with Gasteiger partial charge in [0.1, 0.15) is 42.4 Å². The molecule has 0 saturated carbocycles. The highest BCUT2D eigenvalue weighted by Gasteiger charge is 2.38. The summed E-state index contributed by atoms with van der Waals surface area (Å²) in [6, 6.07) is -0.309. The molecular formula is C46H76N10O11. The molecule has 0 radical (unpaired) electrons. The minimum atomic E-state index is -1.67. The number of guanidine groups is 1. The molecule has 1 aliphatic rings. The van der Waals surface area contributed by atoms with Crippen LogP contribution in [0.1, 0.15) is 130 Å². The lowest BCUT2D eigenvalue weighted by Gasteiger charge is -2.30. The summed E-state index contributed by atoms with van der Waals surface area (Å²) < 4.78 is 5.59. The fourth-order valence-electron chi connectivity index (χ4n) is 7.36. The number of amides is 7. The molecule has 1 saturated heterocycles. The first-order valence-electron chi connectivity index (χ1n) is 23.5. The summed E-state index contributed by atoms with van der Waals surface area (Å²) >= 11 is 0. The molecule has 14 N–H and O–H groups in total. The van der Waals surface area contributed by atoms with E-state index in [1.807, 2.05) is 0 Å². The van der Waals surface area contributed by atoms with Crippen molar-refractivity contribution in [1.29, 1.82) is 0 Å². The van der Waals surface area contributed by atoms with Crippen LogP contribution in [0.3, 0.4) is 0 Å². The Balaban J connectivity index is 2.31. The van der Waals surface area contributed by atoms with E-state index < -0.39 is 108 Å². The third-order valence-corrected chi connectivity index (χ3v) is 11.3. The van der Waals surface area contributed by atoms with Crippen molar-refractivity contribution in [1.82, 2.24) is 31.9 Å². The fraction of sp³-hybridized carbons (Fsp3) is 0.674. The molecule has 0 spiro atoms. The monoisotopic (exact) mass is 945 g/mol. The van der Waals surface area contributed by atoms with Gasteiger partial charge in [0.2, 0.25) is 41.4 Å². The Morgan fingerprint density at radius 3 is 1.81 bits per heavy atom. The molecule has 2 rings (SSSR count). The average Bonchev–Trinajstić information content (AvgIpc) is 3.25. The molecular weight excluding hydrogens is 869 g/mol. The first kappa shape index (κ1) is 57.3. The molecule has 0 aromatic heterocycles. The second kappa shape index (κ2) is 30.5. The van der Waals surface area contributed by atoms with Crippen molar-refractivity contribution in [3.63, 3.8) is 0 Å². The van der Waals surface area contributed by atoms with Crippen molar-refractivity contribution in [2.75, 3.05) is 6.54 Å². The summed E-state index contributed by atoms with van der Waals surface area (Å²) in [6.07, 6.45) is 5.20. The third kappa shape index (κ3) is 22.5. The lowest BCUT2D eigenvalue weighted by molar-refractivity contribution is -0.155. The highest BCUT2D eigenvalue weighted by atomic mass is 16.5. The largest absolute Gasteiger partial charge is 0.458 e. The number of nitrogens with one attached hydrogen (secondary N) is 6. The minimum Gasteiger partial charge on any atom is -0.458 e. The van der Waals surface area contributed by atoms with Gasteiger partial charge in [-0.1, -0.05) is 102 Å². The van der Waals surface area contributed by atoms with Crippen LogP contribution in [0.25, 0.3) is 0 Å². The second-order valence-corrected chi connectivity index (χ2v) is 17.7. The zero-order valence-electron chi connectivity index (χ0n) is 39.7. The van der Waals surface area contributed by atoms with Crippen LogP contribution in [0, 0.1) is 5.92 Å². The number of aliphatic hydroxyl groups is 2. The molecule has 21 nitrogen and oxygen atoms in total. The van der Waals surface area contributed by atoms with Crippen molar-refractivity contribution < 1.29 is 53.3 Å². The molecule has 7 amide bonds. The molecule has 9 atom stereocenters. The number of rotatable bonds is 23. The zero-order chi connectivity index (χ0) is 50.1. The first-order chi connectivity index (χ1) is 31.7. The van der Waals surface area contributed by atoms with Crippen molar-refractivity contribution in [2.24, 2.45) is 28.1 Å². The molecule has 1 unspecified atom stereocenters. The van der Waals surface area contributed by atoms with E-state index in [1.165, 1.54) is 20.8 Å². The molecule has 1 heterocycles. The summed E-state index contributed by atoms with van der Waals surface area (Å²) in [7, 11) is 0. The number of nitrogens with two attached hydrogens (primary N) is 3. The lowest BCUT2D eigenvalue weighted by atomic mass is 9.99. The summed E-state index contributed by atoms with van der Waals surface area (Å²) in [5.74, 6) is -7.71. The van der Waals surface area contributed by atoms with E-state index >= 15 is 0 Å². The van der Waals surface area contributed by atoms with Crippen LogP contribution in [-0.4, -0.2) is 125 Å². The van der Waals surface area contributed by atoms with Crippen molar-refractivity contribution >= 4 is 53.3 Å². The van der Waals surface area contributed by atoms with E-state index in [1.54, 1.807) is 44.2 Å². The van der Waals surface area contributed by atoms with Gasteiger partial charge in [0.25, 0.3) is 0 Å². The number of hydrogen-bond acceptors (Lipinski definition) is 12. The van der Waals surface area contributed by atoms with E-state index in [9.17, 15) is 48.6 Å². The summed E-state index contributed by atoms with van der Waals surface area (Å²) in [4.78, 5) is 112.